The number of hydrogen-bond donors (Lipinski definition) is 3. The van der Waals surface area contributed by atoms with Gasteiger partial charge in [-0.3, -0.25) is 14.4 Å². The van der Waals surface area contributed by atoms with E-state index in [9.17, 15) is 44.1 Å². The minimum absolute atomic E-state index is 0. The summed E-state index contributed by atoms with van der Waals surface area (Å²) in [4.78, 5) is 55.9. The van der Waals surface area contributed by atoms with E-state index in [1.165, 1.54) is 20.8 Å². The van der Waals surface area contributed by atoms with Crippen molar-refractivity contribution in [2.45, 2.75) is 80.1 Å². The maximum Gasteiger partial charge on any atom is 0.303 e. The molecular weight excluding hydrogens is 645 g/mol. The van der Waals surface area contributed by atoms with Gasteiger partial charge in [0.25, 0.3) is 0 Å². The summed E-state index contributed by atoms with van der Waals surface area (Å²) in [6, 6.07) is 0. The van der Waals surface area contributed by atoms with E-state index in [1.807, 2.05) is 0 Å². The second-order valence-corrected chi connectivity index (χ2v) is 4.42. The molecule has 0 saturated heterocycles. The van der Waals surface area contributed by atoms with Crippen LogP contribution in [0.2, 0.25) is 0 Å². The van der Waals surface area contributed by atoms with Gasteiger partial charge in [-0.15, -0.1) is 0 Å². The fourth-order valence-corrected chi connectivity index (χ4v) is 0. The van der Waals surface area contributed by atoms with Gasteiger partial charge in [-0.05, 0) is 19.3 Å². The van der Waals surface area contributed by atoms with Crippen molar-refractivity contribution in [2.24, 2.45) is 0 Å². The third-order valence-electron chi connectivity index (χ3n) is 1.77. The van der Waals surface area contributed by atoms with Crippen LogP contribution in [0.3, 0.4) is 0 Å². The molecule has 0 amide bonds. The van der Waals surface area contributed by atoms with Crippen LogP contribution in [0.15, 0.2) is 0 Å². The average molecular weight is 678 g/mol. The molecule has 1 radical (unpaired) electrons. The molecule has 0 aromatic carbocycles. The van der Waals surface area contributed by atoms with Crippen molar-refractivity contribution in [3.05, 3.63) is 0 Å². The summed E-state index contributed by atoms with van der Waals surface area (Å²) in [6.07, 6.45) is 1.000. The van der Waals surface area contributed by atoms with E-state index in [0.717, 1.165) is 0 Å². The van der Waals surface area contributed by atoms with Gasteiger partial charge in [0.1, 0.15) is 0 Å². The summed E-state index contributed by atoms with van der Waals surface area (Å²) in [5.74, 6) is -5.22. The molecule has 0 saturated carbocycles. The van der Waals surface area contributed by atoms with Crippen molar-refractivity contribution in [3.8, 4) is 0 Å². The number of rotatable bonds is 6. The van der Waals surface area contributed by atoms with E-state index in [4.69, 9.17) is 15.3 Å². The molecule has 0 bridgehead atoms. The number of carboxylic acids is 6. The Morgan fingerprint density at radius 2 is 0.516 bits per heavy atom. The maximum absolute atomic E-state index is 9.37. The standard InChI is InChI=1S/6C3H6O2.Np/c6*1-2-3(4)5;/h6*2H2,1H3,(H,4,5);/p-3. The van der Waals surface area contributed by atoms with E-state index in [1.54, 1.807) is 20.8 Å². The van der Waals surface area contributed by atoms with Crippen LogP contribution in [0.25, 0.3) is 0 Å². The van der Waals surface area contributed by atoms with Crippen LogP contribution in [-0.2, 0) is 28.8 Å². The van der Waals surface area contributed by atoms with Crippen molar-refractivity contribution < 1.29 is 89.3 Å². The van der Waals surface area contributed by atoms with Crippen molar-refractivity contribution >= 4 is 35.8 Å². The van der Waals surface area contributed by atoms with Gasteiger partial charge in [-0.2, -0.15) is 0 Å². The van der Waals surface area contributed by atoms with E-state index >= 15 is 0 Å². The molecular formula is C18H33NpO12-3. The second-order valence-electron chi connectivity index (χ2n) is 4.42. The number of carbonyl (C=O) groups excluding carboxylic acids is 3. The predicted molar refractivity (Wildman–Crippen MR) is 99.7 cm³/mol. The van der Waals surface area contributed by atoms with Crippen molar-refractivity contribution in [1.82, 2.24) is 0 Å². The molecule has 0 rings (SSSR count). The van der Waals surface area contributed by atoms with E-state index < -0.39 is 35.8 Å². The maximum atomic E-state index is 9.37. The predicted octanol–water partition coefficient (Wildman–Crippen LogP) is -1.12. The Morgan fingerprint density at radius 3 is 0.516 bits per heavy atom. The number of hydrogen-bond acceptors (Lipinski definition) is 9. The van der Waals surface area contributed by atoms with Crippen LogP contribution < -0.4 is 15.3 Å². The van der Waals surface area contributed by atoms with Crippen LogP contribution in [0, 0.1) is 29.9 Å². The molecule has 0 unspecified atom stereocenters. The first-order chi connectivity index (χ1) is 13.6. The molecule has 0 aliphatic heterocycles. The summed E-state index contributed by atoms with van der Waals surface area (Å²) in [7, 11) is 0. The van der Waals surface area contributed by atoms with Crippen LogP contribution in [0.5, 0.6) is 0 Å². The Morgan fingerprint density at radius 1 is 0.452 bits per heavy atom. The third-order valence-corrected chi connectivity index (χ3v) is 1.77. The van der Waals surface area contributed by atoms with Gasteiger partial charge in [0.05, 0.1) is 0 Å². The Bertz CT molecular complexity index is 356. The summed E-state index contributed by atoms with van der Waals surface area (Å²) < 4.78 is 0. The van der Waals surface area contributed by atoms with Gasteiger partial charge in [0.15, 0.2) is 0 Å². The van der Waals surface area contributed by atoms with Crippen molar-refractivity contribution in [2.75, 3.05) is 0 Å². The largest absolute Gasteiger partial charge is 0.550 e. The fraction of sp³-hybridized carbons (Fsp3) is 0.667. The fourth-order valence-electron chi connectivity index (χ4n) is 0. The van der Waals surface area contributed by atoms with Crippen LogP contribution in [0.1, 0.15) is 80.1 Å². The van der Waals surface area contributed by atoms with Gasteiger partial charge in [0, 0.05) is 67.1 Å². The Balaban J connectivity index is -0.0000000443. The van der Waals surface area contributed by atoms with Gasteiger partial charge in [-0.25, -0.2) is 0 Å². The molecule has 31 heavy (non-hydrogen) atoms. The molecule has 0 aliphatic rings. The summed E-state index contributed by atoms with van der Waals surface area (Å²) >= 11 is 0. The Labute approximate surface area is 204 Å². The quantitative estimate of drug-likeness (QED) is 0.303. The van der Waals surface area contributed by atoms with Gasteiger partial charge in [0.2, 0.25) is 0 Å². The molecule has 0 heterocycles. The first kappa shape index (κ1) is 46.9. The number of carbonyl (C=O) groups is 6. The molecule has 0 aromatic rings. The molecule has 0 aliphatic carbocycles. The molecule has 0 fully saturated rings. The monoisotopic (exact) mass is 677 g/mol. The summed E-state index contributed by atoms with van der Waals surface area (Å²) in [5, 5.41) is 50.9. The number of aliphatic carboxylic acids is 6. The molecule has 13 heteroatoms. The van der Waals surface area contributed by atoms with Crippen molar-refractivity contribution in [3.63, 3.8) is 0 Å². The zero-order chi connectivity index (χ0) is 25.7. The minimum Gasteiger partial charge on any atom is -0.550 e. The molecule has 0 atom stereocenters. The molecule has 0 spiro atoms. The Kier molecular flexibility index (Phi) is 63.5. The second kappa shape index (κ2) is 42.0. The topological polar surface area (TPSA) is 232 Å². The third kappa shape index (κ3) is 192. The zero-order valence-electron chi connectivity index (χ0n) is 18.7. The van der Waals surface area contributed by atoms with Gasteiger partial charge in [-0.1, -0.05) is 41.5 Å². The Hall–Kier alpha value is -2.17. The first-order valence-corrected chi connectivity index (χ1v) is 8.87. The van der Waals surface area contributed by atoms with Crippen LogP contribution in [-0.4, -0.2) is 51.1 Å². The summed E-state index contributed by atoms with van der Waals surface area (Å²) in [5.41, 5.74) is 0. The first-order valence-electron chi connectivity index (χ1n) is 8.87. The van der Waals surface area contributed by atoms with E-state index in [2.05, 4.69) is 0 Å². The van der Waals surface area contributed by atoms with E-state index in [0.29, 0.717) is 0 Å². The summed E-state index contributed by atoms with van der Waals surface area (Å²) in [6.45, 7) is 9.41. The van der Waals surface area contributed by atoms with Crippen LogP contribution in [0.4, 0.5) is 0 Å². The molecule has 185 valence electrons. The normalized spacial score (nSPS) is 7.16. The molecule has 0 aromatic heterocycles. The SMILES string of the molecule is CCC(=O)O.CCC(=O)O.CCC(=O)O.CCC(=O)[O-].CCC(=O)[O-].CCC(=O)[O-].[Np]. The zero-order valence-corrected chi connectivity index (χ0v) is 22.4. The number of carboxylic acid groups (broad SMARTS) is 6. The van der Waals surface area contributed by atoms with E-state index in [-0.39, 0.29) is 68.5 Å². The van der Waals surface area contributed by atoms with Crippen LogP contribution >= 0.6 is 0 Å². The smallest absolute Gasteiger partial charge is 0.303 e. The van der Waals surface area contributed by atoms with Gasteiger partial charge < -0.3 is 45.0 Å². The van der Waals surface area contributed by atoms with Crippen molar-refractivity contribution in [1.29, 1.82) is 0 Å². The molecule has 3 N–H and O–H groups in total. The minimum atomic E-state index is -0.995. The molecule has 12 nitrogen and oxygen atoms in total. The average Bonchev–Trinajstić information content (AvgIpc) is 2.69. The van der Waals surface area contributed by atoms with Gasteiger partial charge >= 0.3 is 17.9 Å².